The minimum atomic E-state index is 1.10. The molecule has 1 heterocycles. The van der Waals surface area contributed by atoms with Gasteiger partial charge in [-0.2, -0.15) is 0 Å². The number of aryl methyl sites for hydroxylation is 4. The first-order valence-corrected chi connectivity index (χ1v) is 16.4. The molecule has 1 aromatic heterocycles. The molecule has 2 nitrogen and oxygen atoms in total. The molecule has 0 saturated carbocycles. The Morgan fingerprint density at radius 3 is 1.59 bits per heavy atom. The molecule has 0 aliphatic heterocycles. The summed E-state index contributed by atoms with van der Waals surface area (Å²) in [6.45, 7) is 5.76. The molecule has 0 spiro atoms. The third kappa shape index (κ3) is 16.1. The maximum Gasteiger partial charge on any atom is 0.108 e. The normalized spacial score (nSPS) is 11.4. The lowest BCUT2D eigenvalue weighted by Gasteiger charge is -2.08. The molecule has 0 N–H and O–H groups in total. The van der Waals surface area contributed by atoms with Crippen molar-refractivity contribution in [2.75, 3.05) is 0 Å². The summed E-state index contributed by atoms with van der Waals surface area (Å²) in [6, 6.07) is 10.9. The van der Waals surface area contributed by atoms with E-state index in [2.05, 4.69) is 54.9 Å². The standard InChI is InChI=1S/C35H60N2/c1-3-5-7-9-10-11-12-13-14-15-16-17-18-23-30-35-36-34(29-25-28-33-26-21-20-22-27-33)32-37(35)31-24-19-8-6-4-2/h20-22,26-27,32H,3-19,23-25,28-31H2,1-2H3. The van der Waals surface area contributed by atoms with Crippen LogP contribution < -0.4 is 0 Å². The van der Waals surface area contributed by atoms with Gasteiger partial charge in [-0.3, -0.25) is 0 Å². The summed E-state index contributed by atoms with van der Waals surface area (Å²) in [5, 5.41) is 0. The molecule has 0 aliphatic rings. The molecule has 210 valence electrons. The third-order valence-corrected chi connectivity index (χ3v) is 7.91. The van der Waals surface area contributed by atoms with Gasteiger partial charge in [-0.15, -0.1) is 0 Å². The Morgan fingerprint density at radius 1 is 0.514 bits per heavy atom. The largest absolute Gasteiger partial charge is 0.335 e. The zero-order chi connectivity index (χ0) is 26.2. The van der Waals surface area contributed by atoms with E-state index in [1.54, 1.807) is 0 Å². The fraction of sp³-hybridized carbons (Fsp3) is 0.743. The van der Waals surface area contributed by atoms with Crippen LogP contribution in [-0.4, -0.2) is 9.55 Å². The van der Waals surface area contributed by atoms with Crippen LogP contribution in [0.5, 0.6) is 0 Å². The Kier molecular flexibility index (Phi) is 19.2. The van der Waals surface area contributed by atoms with Crippen molar-refractivity contribution in [3.63, 3.8) is 0 Å². The van der Waals surface area contributed by atoms with Crippen molar-refractivity contribution >= 4 is 0 Å². The van der Waals surface area contributed by atoms with E-state index in [1.807, 2.05) is 0 Å². The number of hydrogen-bond acceptors (Lipinski definition) is 1. The van der Waals surface area contributed by atoms with Gasteiger partial charge in [0.2, 0.25) is 0 Å². The number of aromatic nitrogens is 2. The second kappa shape index (κ2) is 22.4. The number of benzene rings is 1. The minimum absolute atomic E-state index is 1.10. The monoisotopic (exact) mass is 508 g/mol. The highest BCUT2D eigenvalue weighted by Crippen LogP contribution is 2.16. The first kappa shape index (κ1) is 31.6. The van der Waals surface area contributed by atoms with Gasteiger partial charge in [0, 0.05) is 19.2 Å². The van der Waals surface area contributed by atoms with Crippen molar-refractivity contribution in [2.24, 2.45) is 0 Å². The highest BCUT2D eigenvalue weighted by atomic mass is 15.1. The Labute approximate surface area is 231 Å². The molecule has 0 atom stereocenters. The molecule has 0 bridgehead atoms. The van der Waals surface area contributed by atoms with Crippen molar-refractivity contribution in [3.8, 4) is 0 Å². The topological polar surface area (TPSA) is 17.8 Å². The molecular weight excluding hydrogens is 448 g/mol. The molecule has 37 heavy (non-hydrogen) atoms. The van der Waals surface area contributed by atoms with Gasteiger partial charge in [0.1, 0.15) is 5.82 Å². The molecule has 2 rings (SSSR count). The van der Waals surface area contributed by atoms with Crippen LogP contribution >= 0.6 is 0 Å². The summed E-state index contributed by atoms with van der Waals surface area (Å²) < 4.78 is 2.51. The smallest absolute Gasteiger partial charge is 0.108 e. The molecule has 2 aromatic rings. The predicted molar refractivity (Wildman–Crippen MR) is 163 cm³/mol. The van der Waals surface area contributed by atoms with E-state index in [1.165, 1.54) is 145 Å². The van der Waals surface area contributed by atoms with E-state index in [9.17, 15) is 0 Å². The SMILES string of the molecule is CCCCCCCCCCCCCCCCc1nc(CCCc2ccccc2)cn1CCCCCCC. The van der Waals surface area contributed by atoms with Crippen LogP contribution in [-0.2, 0) is 25.8 Å². The summed E-state index contributed by atoms with van der Waals surface area (Å²) in [6.07, 6.45) is 33.6. The molecule has 0 saturated heterocycles. The van der Waals surface area contributed by atoms with Crippen molar-refractivity contribution in [3.05, 3.63) is 53.6 Å². The van der Waals surface area contributed by atoms with Gasteiger partial charge in [-0.25, -0.2) is 4.98 Å². The van der Waals surface area contributed by atoms with Crippen LogP contribution in [0.3, 0.4) is 0 Å². The molecule has 0 unspecified atom stereocenters. The van der Waals surface area contributed by atoms with E-state index in [0.717, 1.165) is 25.8 Å². The quantitative estimate of drug-likeness (QED) is 0.122. The zero-order valence-electron chi connectivity index (χ0n) is 24.8. The molecule has 0 radical (unpaired) electrons. The van der Waals surface area contributed by atoms with Gasteiger partial charge < -0.3 is 4.57 Å². The van der Waals surface area contributed by atoms with E-state index in [0.29, 0.717) is 0 Å². The number of unbranched alkanes of at least 4 members (excludes halogenated alkanes) is 17. The maximum atomic E-state index is 5.12. The summed E-state index contributed by atoms with van der Waals surface area (Å²) in [5.41, 5.74) is 2.75. The Morgan fingerprint density at radius 2 is 1.03 bits per heavy atom. The second-order valence-corrected chi connectivity index (χ2v) is 11.4. The fourth-order valence-corrected chi connectivity index (χ4v) is 5.51. The van der Waals surface area contributed by atoms with Gasteiger partial charge in [0.15, 0.2) is 0 Å². The summed E-state index contributed by atoms with van der Waals surface area (Å²) in [5.74, 6) is 1.35. The third-order valence-electron chi connectivity index (χ3n) is 7.91. The molecular formula is C35H60N2. The number of nitrogens with zero attached hydrogens (tertiary/aromatic N) is 2. The fourth-order valence-electron chi connectivity index (χ4n) is 5.51. The van der Waals surface area contributed by atoms with Crippen LogP contribution in [0, 0.1) is 0 Å². The van der Waals surface area contributed by atoms with E-state index < -0.39 is 0 Å². The van der Waals surface area contributed by atoms with Gasteiger partial charge in [-0.05, 0) is 37.7 Å². The minimum Gasteiger partial charge on any atom is -0.335 e. The zero-order valence-corrected chi connectivity index (χ0v) is 24.8. The lowest BCUT2D eigenvalue weighted by Crippen LogP contribution is -2.03. The maximum absolute atomic E-state index is 5.12. The molecule has 0 fully saturated rings. The van der Waals surface area contributed by atoms with Gasteiger partial charge >= 0.3 is 0 Å². The van der Waals surface area contributed by atoms with Gasteiger partial charge in [0.05, 0.1) is 5.69 Å². The van der Waals surface area contributed by atoms with Crippen molar-refractivity contribution in [1.29, 1.82) is 0 Å². The Balaban J connectivity index is 1.61. The van der Waals surface area contributed by atoms with Crippen LogP contribution in [0.25, 0.3) is 0 Å². The number of imidazole rings is 1. The average molecular weight is 509 g/mol. The second-order valence-electron chi connectivity index (χ2n) is 11.4. The summed E-state index contributed by atoms with van der Waals surface area (Å²) in [7, 11) is 0. The van der Waals surface area contributed by atoms with E-state index in [4.69, 9.17) is 4.98 Å². The van der Waals surface area contributed by atoms with Crippen LogP contribution in [0.4, 0.5) is 0 Å². The van der Waals surface area contributed by atoms with Crippen LogP contribution in [0.1, 0.15) is 159 Å². The summed E-state index contributed by atoms with van der Waals surface area (Å²) >= 11 is 0. The van der Waals surface area contributed by atoms with E-state index >= 15 is 0 Å². The predicted octanol–water partition coefficient (Wildman–Crippen LogP) is 11.1. The lowest BCUT2D eigenvalue weighted by molar-refractivity contribution is 0.527. The number of hydrogen-bond donors (Lipinski definition) is 0. The van der Waals surface area contributed by atoms with Crippen molar-refractivity contribution in [1.82, 2.24) is 9.55 Å². The van der Waals surface area contributed by atoms with Gasteiger partial charge in [-0.1, -0.05) is 153 Å². The van der Waals surface area contributed by atoms with Crippen LogP contribution in [0.15, 0.2) is 36.5 Å². The highest BCUT2D eigenvalue weighted by Gasteiger charge is 2.08. The first-order chi connectivity index (χ1) is 18.3. The highest BCUT2D eigenvalue weighted by molar-refractivity contribution is 5.15. The molecule has 2 heteroatoms. The summed E-state index contributed by atoms with van der Waals surface area (Å²) in [4.78, 5) is 5.12. The Bertz CT molecular complexity index is 748. The number of rotatable bonds is 25. The molecule has 0 amide bonds. The lowest BCUT2D eigenvalue weighted by atomic mass is 10.0. The molecule has 1 aromatic carbocycles. The van der Waals surface area contributed by atoms with E-state index in [-0.39, 0.29) is 0 Å². The van der Waals surface area contributed by atoms with Crippen molar-refractivity contribution < 1.29 is 0 Å². The Hall–Kier alpha value is -1.57. The first-order valence-electron chi connectivity index (χ1n) is 16.4. The van der Waals surface area contributed by atoms with Crippen molar-refractivity contribution in [2.45, 2.75) is 168 Å². The van der Waals surface area contributed by atoms with Crippen LogP contribution in [0.2, 0.25) is 0 Å². The average Bonchev–Trinajstić information content (AvgIpc) is 3.30. The molecule has 0 aliphatic carbocycles. The van der Waals surface area contributed by atoms with Gasteiger partial charge in [0.25, 0.3) is 0 Å².